The van der Waals surface area contributed by atoms with E-state index in [9.17, 15) is 8.78 Å². The Labute approximate surface area is 107 Å². The van der Waals surface area contributed by atoms with Crippen molar-refractivity contribution >= 4 is 0 Å². The number of ether oxygens (including phenoxy) is 1. The summed E-state index contributed by atoms with van der Waals surface area (Å²) in [6.45, 7) is 6.04. The van der Waals surface area contributed by atoms with Crippen molar-refractivity contribution in [3.8, 4) is 5.75 Å². The molecule has 18 heavy (non-hydrogen) atoms. The molecule has 0 unspecified atom stereocenters. The predicted octanol–water partition coefficient (Wildman–Crippen LogP) is 3.34. The monoisotopic (exact) mass is 257 g/mol. The van der Waals surface area contributed by atoms with Crippen LogP contribution in [0.5, 0.6) is 5.75 Å². The number of hydrogen-bond donors (Lipinski definition) is 1. The van der Waals surface area contributed by atoms with Crippen molar-refractivity contribution in [1.82, 2.24) is 5.32 Å². The topological polar surface area (TPSA) is 21.3 Å². The maximum absolute atomic E-state index is 13.9. The summed E-state index contributed by atoms with van der Waals surface area (Å²) in [5.41, 5.74) is 0.841. The van der Waals surface area contributed by atoms with Crippen LogP contribution in [-0.2, 0) is 5.92 Å². The number of alkyl halides is 2. The van der Waals surface area contributed by atoms with E-state index >= 15 is 0 Å². The minimum absolute atomic E-state index is 0.0128. The molecule has 0 saturated carbocycles. The Bertz CT molecular complexity index is 391. The summed E-state index contributed by atoms with van der Waals surface area (Å²) in [7, 11) is 1.49. The second-order valence-electron chi connectivity index (χ2n) is 4.91. The summed E-state index contributed by atoms with van der Waals surface area (Å²) in [5, 5.41) is 2.78. The van der Waals surface area contributed by atoms with Gasteiger partial charge >= 0.3 is 0 Å². The van der Waals surface area contributed by atoms with E-state index in [0.29, 0.717) is 18.2 Å². The van der Waals surface area contributed by atoms with Crippen molar-refractivity contribution < 1.29 is 13.5 Å². The SMILES string of the molecule is COc1cc(C(F)(F)CNCC(C)C)ccc1C. The molecule has 4 heteroatoms. The zero-order valence-electron chi connectivity index (χ0n) is 11.4. The molecule has 0 radical (unpaired) electrons. The highest BCUT2D eigenvalue weighted by Gasteiger charge is 2.31. The molecule has 0 aliphatic carbocycles. The van der Waals surface area contributed by atoms with E-state index in [1.165, 1.54) is 19.2 Å². The number of hydrogen-bond acceptors (Lipinski definition) is 2. The first-order valence-corrected chi connectivity index (χ1v) is 6.10. The van der Waals surface area contributed by atoms with Crippen LogP contribution in [0.25, 0.3) is 0 Å². The van der Waals surface area contributed by atoms with Crippen LogP contribution in [0.15, 0.2) is 18.2 Å². The fraction of sp³-hybridized carbons (Fsp3) is 0.571. The lowest BCUT2D eigenvalue weighted by Gasteiger charge is -2.19. The fourth-order valence-corrected chi connectivity index (χ4v) is 1.67. The second-order valence-corrected chi connectivity index (χ2v) is 4.91. The number of halogens is 2. The summed E-state index contributed by atoms with van der Waals surface area (Å²) < 4.78 is 32.9. The van der Waals surface area contributed by atoms with Gasteiger partial charge in [-0.05, 0) is 31.0 Å². The molecule has 1 aromatic rings. The second kappa shape index (κ2) is 6.14. The molecule has 0 amide bonds. The smallest absolute Gasteiger partial charge is 0.285 e. The summed E-state index contributed by atoms with van der Waals surface area (Å²) in [6, 6.07) is 4.52. The molecule has 2 nitrogen and oxygen atoms in total. The molecule has 0 aliphatic rings. The first-order chi connectivity index (χ1) is 8.36. The molecule has 1 N–H and O–H groups in total. The lowest BCUT2D eigenvalue weighted by Crippen LogP contribution is -2.32. The number of nitrogens with one attached hydrogen (secondary N) is 1. The average molecular weight is 257 g/mol. The lowest BCUT2D eigenvalue weighted by atomic mass is 10.1. The van der Waals surface area contributed by atoms with Crippen molar-refractivity contribution in [2.45, 2.75) is 26.7 Å². The Morgan fingerprint density at radius 3 is 2.56 bits per heavy atom. The molecule has 0 saturated heterocycles. The molecule has 0 fully saturated rings. The van der Waals surface area contributed by atoms with Gasteiger partial charge in [-0.2, -0.15) is 8.78 Å². The van der Waals surface area contributed by atoms with E-state index in [4.69, 9.17) is 4.74 Å². The normalized spacial score (nSPS) is 11.9. The number of aryl methyl sites for hydroxylation is 1. The van der Waals surface area contributed by atoms with E-state index in [1.807, 2.05) is 20.8 Å². The van der Waals surface area contributed by atoms with E-state index in [0.717, 1.165) is 5.56 Å². The predicted molar refractivity (Wildman–Crippen MR) is 69.3 cm³/mol. The quantitative estimate of drug-likeness (QED) is 0.844. The highest BCUT2D eigenvalue weighted by molar-refractivity contribution is 5.38. The molecule has 102 valence electrons. The van der Waals surface area contributed by atoms with E-state index in [1.54, 1.807) is 6.07 Å². The molecule has 0 spiro atoms. The maximum Gasteiger partial charge on any atom is 0.285 e. The van der Waals surface area contributed by atoms with Gasteiger partial charge < -0.3 is 10.1 Å². The fourth-order valence-electron chi connectivity index (χ4n) is 1.67. The van der Waals surface area contributed by atoms with Crippen LogP contribution in [0.4, 0.5) is 8.78 Å². The van der Waals surface area contributed by atoms with Gasteiger partial charge in [-0.15, -0.1) is 0 Å². The summed E-state index contributed by atoms with van der Waals surface area (Å²) in [4.78, 5) is 0. The van der Waals surface area contributed by atoms with Gasteiger partial charge in [0.25, 0.3) is 5.92 Å². The number of methoxy groups -OCH3 is 1. The Morgan fingerprint density at radius 2 is 2.00 bits per heavy atom. The van der Waals surface area contributed by atoms with Gasteiger partial charge in [0.1, 0.15) is 5.75 Å². The van der Waals surface area contributed by atoms with Crippen LogP contribution in [0.1, 0.15) is 25.0 Å². The van der Waals surface area contributed by atoms with Gasteiger partial charge in [0.15, 0.2) is 0 Å². The van der Waals surface area contributed by atoms with Crippen LogP contribution in [-0.4, -0.2) is 20.2 Å². The molecule has 0 aliphatic heterocycles. The zero-order valence-corrected chi connectivity index (χ0v) is 11.4. The molecule has 1 rings (SSSR count). The van der Waals surface area contributed by atoms with Gasteiger partial charge in [0.2, 0.25) is 0 Å². The highest BCUT2D eigenvalue weighted by Crippen LogP contribution is 2.31. The zero-order chi connectivity index (χ0) is 13.8. The Kier molecular flexibility index (Phi) is 5.08. The first kappa shape index (κ1) is 14.9. The summed E-state index contributed by atoms with van der Waals surface area (Å²) in [6.07, 6.45) is 0. The molecule has 0 atom stereocenters. The van der Waals surface area contributed by atoms with Gasteiger partial charge in [0.05, 0.1) is 13.7 Å². The van der Waals surface area contributed by atoms with Gasteiger partial charge in [-0.1, -0.05) is 26.0 Å². The highest BCUT2D eigenvalue weighted by atomic mass is 19.3. The minimum Gasteiger partial charge on any atom is -0.496 e. The number of rotatable bonds is 6. The van der Waals surface area contributed by atoms with Crippen molar-refractivity contribution in [2.75, 3.05) is 20.2 Å². The average Bonchev–Trinajstić information content (AvgIpc) is 2.28. The van der Waals surface area contributed by atoms with Crippen molar-refractivity contribution in [2.24, 2.45) is 5.92 Å². The van der Waals surface area contributed by atoms with Crippen molar-refractivity contribution in [1.29, 1.82) is 0 Å². The van der Waals surface area contributed by atoms with E-state index in [-0.39, 0.29) is 12.1 Å². The third-order valence-electron chi connectivity index (χ3n) is 2.73. The largest absolute Gasteiger partial charge is 0.496 e. The van der Waals surface area contributed by atoms with Crippen LogP contribution in [0, 0.1) is 12.8 Å². The van der Waals surface area contributed by atoms with Crippen LogP contribution in [0.3, 0.4) is 0 Å². The third kappa shape index (κ3) is 3.95. The Balaban J connectivity index is 2.77. The van der Waals surface area contributed by atoms with Gasteiger partial charge in [-0.3, -0.25) is 0 Å². The third-order valence-corrected chi connectivity index (χ3v) is 2.73. The van der Waals surface area contributed by atoms with Crippen molar-refractivity contribution in [3.05, 3.63) is 29.3 Å². The Hall–Kier alpha value is -1.16. The van der Waals surface area contributed by atoms with Crippen molar-refractivity contribution in [3.63, 3.8) is 0 Å². The molecular weight excluding hydrogens is 236 g/mol. The first-order valence-electron chi connectivity index (χ1n) is 6.10. The van der Waals surface area contributed by atoms with Crippen LogP contribution >= 0.6 is 0 Å². The van der Waals surface area contributed by atoms with E-state index in [2.05, 4.69) is 5.32 Å². The van der Waals surface area contributed by atoms with Crippen LogP contribution < -0.4 is 10.1 Å². The van der Waals surface area contributed by atoms with E-state index < -0.39 is 5.92 Å². The molecule has 0 aromatic heterocycles. The summed E-state index contributed by atoms with van der Waals surface area (Å²) in [5.74, 6) is -2.03. The van der Waals surface area contributed by atoms with Gasteiger partial charge in [0, 0.05) is 5.56 Å². The lowest BCUT2D eigenvalue weighted by molar-refractivity contribution is -0.00372. The number of benzene rings is 1. The molecule has 1 aromatic carbocycles. The minimum atomic E-state index is -2.88. The summed E-state index contributed by atoms with van der Waals surface area (Å²) >= 11 is 0. The van der Waals surface area contributed by atoms with Gasteiger partial charge in [-0.25, -0.2) is 0 Å². The molecule has 0 heterocycles. The molecule has 0 bridgehead atoms. The standard InChI is InChI=1S/C14H21F2NO/c1-10(2)8-17-9-14(15,16)12-6-5-11(3)13(7-12)18-4/h5-7,10,17H,8-9H2,1-4H3. The maximum atomic E-state index is 13.9. The Morgan fingerprint density at radius 1 is 1.33 bits per heavy atom. The van der Waals surface area contributed by atoms with Crippen LogP contribution in [0.2, 0.25) is 0 Å². The molecular formula is C14H21F2NO.